The van der Waals surface area contributed by atoms with Crippen molar-refractivity contribution in [3.8, 4) is 0 Å². The second-order valence-corrected chi connectivity index (χ2v) is 11.0. The lowest BCUT2D eigenvalue weighted by atomic mass is 9.91. The van der Waals surface area contributed by atoms with Gasteiger partial charge in [0.05, 0.1) is 31.3 Å². The van der Waals surface area contributed by atoms with E-state index in [1.54, 1.807) is 34.6 Å². The van der Waals surface area contributed by atoms with Gasteiger partial charge in [-0.25, -0.2) is 14.5 Å². The van der Waals surface area contributed by atoms with Gasteiger partial charge in [-0.15, -0.1) is 0 Å². The van der Waals surface area contributed by atoms with Crippen molar-refractivity contribution in [2.45, 2.75) is 96.7 Å². The van der Waals surface area contributed by atoms with Gasteiger partial charge in [0.2, 0.25) is 5.91 Å². The lowest BCUT2D eigenvalue weighted by Crippen LogP contribution is -2.54. The normalized spacial score (nSPS) is 24.6. The molecule has 0 bridgehead atoms. The molecule has 1 N–H and O–H groups in total. The van der Waals surface area contributed by atoms with Gasteiger partial charge in [-0.05, 0) is 59.4 Å². The zero-order valence-electron chi connectivity index (χ0n) is 22.2. The zero-order chi connectivity index (χ0) is 26.7. The number of benzene rings is 1. The first-order valence-electron chi connectivity index (χ1n) is 12.7. The van der Waals surface area contributed by atoms with Crippen LogP contribution in [0.1, 0.15) is 66.4 Å². The largest absolute Gasteiger partial charge is 0.449 e. The zero-order valence-corrected chi connectivity index (χ0v) is 22.2. The Kier molecular flexibility index (Phi) is 8.67. The molecule has 0 aromatic heterocycles. The van der Waals surface area contributed by atoms with Crippen LogP contribution in [0.2, 0.25) is 0 Å². The number of hydrogen-bond donors (Lipinski definition) is 1. The van der Waals surface area contributed by atoms with Crippen molar-refractivity contribution in [2.75, 3.05) is 13.2 Å². The van der Waals surface area contributed by atoms with Gasteiger partial charge >= 0.3 is 12.2 Å². The fraction of sp³-hybridized carbons (Fsp3) is 0.667. The summed E-state index contributed by atoms with van der Waals surface area (Å²) < 4.78 is 16.8. The molecule has 0 saturated carbocycles. The van der Waals surface area contributed by atoms with Crippen molar-refractivity contribution >= 4 is 18.1 Å². The third-order valence-electron chi connectivity index (χ3n) is 6.60. The van der Waals surface area contributed by atoms with Gasteiger partial charge in [-0.1, -0.05) is 43.7 Å². The molecule has 2 aliphatic heterocycles. The first kappa shape index (κ1) is 27.9. The number of aliphatic hydroxyl groups excluding tert-OH is 1. The molecule has 4 atom stereocenters. The maximum atomic E-state index is 13.6. The van der Waals surface area contributed by atoms with E-state index in [1.165, 1.54) is 4.90 Å². The van der Waals surface area contributed by atoms with Crippen molar-refractivity contribution in [2.24, 2.45) is 5.92 Å². The van der Waals surface area contributed by atoms with Gasteiger partial charge in [-0.3, -0.25) is 9.69 Å². The SMILES string of the molecule is CCCCOC(=O)N1C(C(O)C2CC(Cc3ccccc3)N(C(=O)OC(C)(C)C)C2=O)COC1(C)C. The Balaban J connectivity index is 1.84. The van der Waals surface area contributed by atoms with E-state index in [4.69, 9.17) is 14.2 Å². The molecule has 2 aliphatic rings. The fourth-order valence-electron chi connectivity index (χ4n) is 4.84. The van der Waals surface area contributed by atoms with Crippen LogP contribution in [0.25, 0.3) is 0 Å². The maximum Gasteiger partial charge on any atom is 0.417 e. The van der Waals surface area contributed by atoms with Gasteiger partial charge in [0.15, 0.2) is 0 Å². The number of rotatable bonds is 7. The summed E-state index contributed by atoms with van der Waals surface area (Å²) in [4.78, 5) is 42.1. The van der Waals surface area contributed by atoms with Gasteiger partial charge in [0.1, 0.15) is 11.3 Å². The van der Waals surface area contributed by atoms with E-state index in [1.807, 2.05) is 37.3 Å². The van der Waals surface area contributed by atoms with Crippen LogP contribution in [0.15, 0.2) is 30.3 Å². The molecule has 36 heavy (non-hydrogen) atoms. The number of nitrogens with zero attached hydrogens (tertiary/aromatic N) is 2. The number of amides is 3. The number of unbranched alkanes of at least 4 members (excludes halogenated alkanes) is 1. The van der Waals surface area contributed by atoms with Crippen molar-refractivity contribution in [1.29, 1.82) is 0 Å². The Hall–Kier alpha value is -2.65. The summed E-state index contributed by atoms with van der Waals surface area (Å²) in [5, 5.41) is 11.4. The van der Waals surface area contributed by atoms with E-state index in [2.05, 4.69) is 0 Å². The Morgan fingerprint density at radius 3 is 2.47 bits per heavy atom. The summed E-state index contributed by atoms with van der Waals surface area (Å²) in [6, 6.07) is 8.28. The van der Waals surface area contributed by atoms with Gasteiger partial charge in [0, 0.05) is 6.04 Å². The highest BCUT2D eigenvalue weighted by Crippen LogP contribution is 2.37. The summed E-state index contributed by atoms with van der Waals surface area (Å²) in [6.45, 7) is 11.0. The number of hydrogen-bond acceptors (Lipinski definition) is 7. The Labute approximate surface area is 213 Å². The van der Waals surface area contributed by atoms with E-state index in [0.29, 0.717) is 6.42 Å². The van der Waals surface area contributed by atoms with E-state index in [9.17, 15) is 19.5 Å². The van der Waals surface area contributed by atoms with E-state index >= 15 is 0 Å². The Morgan fingerprint density at radius 1 is 1.19 bits per heavy atom. The predicted octanol–water partition coefficient (Wildman–Crippen LogP) is 4.12. The molecular weight excluding hydrogens is 464 g/mol. The summed E-state index contributed by atoms with van der Waals surface area (Å²) in [6.07, 6.45) is -0.301. The second kappa shape index (κ2) is 11.2. The standard InChI is InChI=1S/C27H40N2O7/c1-7-8-14-34-25(33)29-21(17-35-27(29,5)6)22(30)20-16-19(15-18-12-10-9-11-13-18)28(23(20)31)24(32)36-26(2,3)4/h9-13,19-22,30H,7-8,14-17H2,1-6H3. The number of likely N-dealkylation sites (tertiary alicyclic amines) is 1. The van der Waals surface area contributed by atoms with E-state index < -0.39 is 53.5 Å². The maximum absolute atomic E-state index is 13.6. The van der Waals surface area contributed by atoms with Crippen LogP contribution in [0, 0.1) is 5.92 Å². The summed E-state index contributed by atoms with van der Waals surface area (Å²) >= 11 is 0. The number of carbonyl (C=O) groups excluding carboxylic acids is 3. The molecule has 200 valence electrons. The molecule has 1 aromatic rings. The smallest absolute Gasteiger partial charge is 0.417 e. The number of carbonyl (C=O) groups is 3. The van der Waals surface area contributed by atoms with Gasteiger partial charge in [-0.2, -0.15) is 0 Å². The fourth-order valence-corrected chi connectivity index (χ4v) is 4.84. The van der Waals surface area contributed by atoms with Crippen LogP contribution in [0.5, 0.6) is 0 Å². The highest BCUT2D eigenvalue weighted by atomic mass is 16.6. The van der Waals surface area contributed by atoms with Crippen LogP contribution in [-0.2, 0) is 25.4 Å². The molecule has 1 aromatic carbocycles. The number of imide groups is 1. The molecule has 0 aliphatic carbocycles. The second-order valence-electron chi connectivity index (χ2n) is 11.0. The quantitative estimate of drug-likeness (QED) is 0.557. The molecule has 9 nitrogen and oxygen atoms in total. The molecular formula is C27H40N2O7. The third kappa shape index (κ3) is 6.37. The first-order valence-corrected chi connectivity index (χ1v) is 12.7. The first-order chi connectivity index (χ1) is 16.9. The highest BCUT2D eigenvalue weighted by Gasteiger charge is 2.54. The van der Waals surface area contributed by atoms with Crippen molar-refractivity contribution in [1.82, 2.24) is 9.80 Å². The van der Waals surface area contributed by atoms with Crippen molar-refractivity contribution in [3.63, 3.8) is 0 Å². The minimum absolute atomic E-state index is 0.0522. The van der Waals surface area contributed by atoms with E-state index in [-0.39, 0.29) is 19.6 Å². The minimum Gasteiger partial charge on any atom is -0.449 e. The molecule has 0 radical (unpaired) electrons. The van der Waals surface area contributed by atoms with Crippen LogP contribution in [-0.4, -0.2) is 75.7 Å². The molecule has 2 fully saturated rings. The minimum atomic E-state index is -1.25. The molecule has 2 heterocycles. The van der Waals surface area contributed by atoms with Gasteiger partial charge < -0.3 is 19.3 Å². The lowest BCUT2D eigenvalue weighted by molar-refractivity contribution is -0.135. The Bertz CT molecular complexity index is 928. The topological polar surface area (TPSA) is 106 Å². The summed E-state index contributed by atoms with van der Waals surface area (Å²) in [5.41, 5.74) is -0.830. The van der Waals surface area contributed by atoms with Crippen LogP contribution < -0.4 is 0 Å². The molecule has 2 saturated heterocycles. The molecule has 0 spiro atoms. The molecule has 3 amide bonds. The predicted molar refractivity (Wildman–Crippen MR) is 133 cm³/mol. The van der Waals surface area contributed by atoms with Crippen molar-refractivity contribution in [3.05, 3.63) is 35.9 Å². The summed E-state index contributed by atoms with van der Waals surface area (Å²) in [5.74, 6) is -1.42. The summed E-state index contributed by atoms with van der Waals surface area (Å²) in [7, 11) is 0. The highest BCUT2D eigenvalue weighted by molar-refractivity contribution is 5.96. The molecule has 9 heteroatoms. The van der Waals surface area contributed by atoms with Crippen molar-refractivity contribution < 1.29 is 33.7 Å². The van der Waals surface area contributed by atoms with Crippen LogP contribution in [0.3, 0.4) is 0 Å². The molecule has 3 rings (SSSR count). The average Bonchev–Trinajstić information content (AvgIpc) is 3.28. The molecule has 4 unspecified atom stereocenters. The van der Waals surface area contributed by atoms with E-state index in [0.717, 1.165) is 23.3 Å². The Morgan fingerprint density at radius 2 is 1.86 bits per heavy atom. The monoisotopic (exact) mass is 504 g/mol. The van der Waals surface area contributed by atoms with Crippen LogP contribution in [0.4, 0.5) is 9.59 Å². The lowest BCUT2D eigenvalue weighted by Gasteiger charge is -2.35. The van der Waals surface area contributed by atoms with Crippen LogP contribution >= 0.6 is 0 Å². The van der Waals surface area contributed by atoms with Gasteiger partial charge in [0.25, 0.3) is 0 Å². The third-order valence-corrected chi connectivity index (χ3v) is 6.60. The number of aliphatic hydroxyl groups is 1. The average molecular weight is 505 g/mol. The number of ether oxygens (including phenoxy) is 3.